The first-order valence-electron chi connectivity index (χ1n) is 28.0. The molecule has 0 spiro atoms. The number of esters is 3. The molecule has 0 bridgehead atoms. The lowest BCUT2D eigenvalue weighted by Crippen LogP contribution is -2.30. The summed E-state index contributed by atoms with van der Waals surface area (Å²) in [5.41, 5.74) is 0. The van der Waals surface area contributed by atoms with Crippen molar-refractivity contribution in [3.63, 3.8) is 0 Å². The van der Waals surface area contributed by atoms with E-state index in [1.165, 1.54) is 51.4 Å². The first-order valence-corrected chi connectivity index (χ1v) is 28.0. The van der Waals surface area contributed by atoms with Crippen molar-refractivity contribution in [3.8, 4) is 0 Å². The highest BCUT2D eigenvalue weighted by molar-refractivity contribution is 5.71. The summed E-state index contributed by atoms with van der Waals surface area (Å²) in [6.45, 7) is 6.34. The van der Waals surface area contributed by atoms with Gasteiger partial charge in [0.05, 0.1) is 0 Å². The van der Waals surface area contributed by atoms with Crippen LogP contribution in [0.1, 0.15) is 239 Å². The van der Waals surface area contributed by atoms with Crippen LogP contribution in [0.15, 0.2) is 122 Å². The fourth-order valence-electron chi connectivity index (χ4n) is 7.28. The Morgan fingerprint density at radius 1 is 0.304 bits per heavy atom. The average molecular weight is 956 g/mol. The number of hydrogen-bond acceptors (Lipinski definition) is 6. The second-order valence-corrected chi connectivity index (χ2v) is 18.1. The molecular formula is C63H102O6. The standard InChI is InChI=1S/C63H102O6/c1-4-7-10-13-16-19-22-25-27-29-31-33-35-38-41-44-47-50-53-56-62(65)68-59-60(58-67-61(64)55-52-49-46-43-40-37-24-21-18-15-12-9-6-3)69-63(66)57-54-51-48-45-42-39-36-34-32-30-28-26-23-20-17-14-11-8-5-2/h7-8,10-11,16-17,19-21,24-28,31-34,38,41,60H,4-6,9,12-15,18,22-23,29-30,35-37,39-40,42-59H2,1-3H3/b10-7-,11-8-,19-16-,20-17-,24-21-,27-25-,28-26-,33-31-,34-32-,41-38-. The Hall–Kier alpha value is -4.19. The zero-order valence-corrected chi connectivity index (χ0v) is 44.5. The van der Waals surface area contributed by atoms with Gasteiger partial charge in [0.25, 0.3) is 0 Å². The van der Waals surface area contributed by atoms with Crippen LogP contribution in [0.3, 0.4) is 0 Å². The van der Waals surface area contributed by atoms with Crippen LogP contribution >= 0.6 is 0 Å². The lowest BCUT2D eigenvalue weighted by Gasteiger charge is -2.18. The Bertz CT molecular complexity index is 1470. The molecule has 0 aliphatic heterocycles. The Kier molecular flexibility index (Phi) is 53.0. The number of hydrogen-bond donors (Lipinski definition) is 0. The SMILES string of the molecule is CC/C=C\C/C=C\C/C=C\C/C=C\C/C=C\CCCCCC(=O)OCC(COC(=O)CCCCCCC/C=C\CCCCCC)OC(=O)CCCCCCCC/C=C\C/C=C\C/C=C\C/C=C\CC. The van der Waals surface area contributed by atoms with E-state index in [-0.39, 0.29) is 31.1 Å². The van der Waals surface area contributed by atoms with E-state index in [0.29, 0.717) is 19.3 Å². The number of carbonyl (C=O) groups excluding carboxylic acids is 3. The average Bonchev–Trinajstić information content (AvgIpc) is 3.35. The molecule has 0 rings (SSSR count). The van der Waals surface area contributed by atoms with E-state index < -0.39 is 6.10 Å². The summed E-state index contributed by atoms with van der Waals surface area (Å²) in [6.07, 6.45) is 77.5. The molecule has 0 amide bonds. The topological polar surface area (TPSA) is 78.9 Å². The van der Waals surface area contributed by atoms with Crippen LogP contribution in [0.5, 0.6) is 0 Å². The molecule has 0 fully saturated rings. The maximum absolute atomic E-state index is 12.9. The quantitative estimate of drug-likeness (QED) is 0.0262. The number of allylic oxidation sites excluding steroid dienone is 20. The van der Waals surface area contributed by atoms with Crippen LogP contribution < -0.4 is 0 Å². The molecule has 0 saturated carbocycles. The van der Waals surface area contributed by atoms with Crippen LogP contribution in [0.4, 0.5) is 0 Å². The number of unbranched alkanes of at least 4 members (excludes halogenated alkanes) is 18. The summed E-state index contributed by atoms with van der Waals surface area (Å²) in [5.74, 6) is -0.961. The van der Waals surface area contributed by atoms with Crippen LogP contribution in [0.2, 0.25) is 0 Å². The van der Waals surface area contributed by atoms with E-state index in [0.717, 1.165) is 148 Å². The van der Waals surface area contributed by atoms with Gasteiger partial charge in [-0.3, -0.25) is 14.4 Å². The Morgan fingerprint density at radius 3 is 0.913 bits per heavy atom. The Balaban J connectivity index is 4.50. The molecule has 6 heteroatoms. The van der Waals surface area contributed by atoms with Gasteiger partial charge >= 0.3 is 17.9 Å². The van der Waals surface area contributed by atoms with Gasteiger partial charge in [0, 0.05) is 19.3 Å². The lowest BCUT2D eigenvalue weighted by atomic mass is 10.1. The number of rotatable bonds is 49. The first-order chi connectivity index (χ1) is 34.0. The summed E-state index contributed by atoms with van der Waals surface area (Å²) >= 11 is 0. The molecule has 0 aliphatic rings. The van der Waals surface area contributed by atoms with Gasteiger partial charge < -0.3 is 14.2 Å². The van der Waals surface area contributed by atoms with Gasteiger partial charge in [0.1, 0.15) is 13.2 Å². The minimum atomic E-state index is -0.807. The van der Waals surface area contributed by atoms with Crippen molar-refractivity contribution in [1.82, 2.24) is 0 Å². The van der Waals surface area contributed by atoms with Crippen molar-refractivity contribution in [2.45, 2.75) is 245 Å². The summed E-state index contributed by atoms with van der Waals surface area (Å²) in [5, 5.41) is 0. The smallest absolute Gasteiger partial charge is 0.306 e. The molecule has 0 aromatic rings. The summed E-state index contributed by atoms with van der Waals surface area (Å²) < 4.78 is 16.8. The van der Waals surface area contributed by atoms with Gasteiger partial charge in [-0.15, -0.1) is 0 Å². The highest BCUT2D eigenvalue weighted by Gasteiger charge is 2.19. The maximum atomic E-state index is 12.9. The fraction of sp³-hybridized carbons (Fsp3) is 0.635. The molecule has 0 saturated heterocycles. The summed E-state index contributed by atoms with van der Waals surface area (Å²) in [4.78, 5) is 38.1. The van der Waals surface area contributed by atoms with Gasteiger partial charge in [-0.1, -0.05) is 213 Å². The highest BCUT2D eigenvalue weighted by Crippen LogP contribution is 2.13. The second-order valence-electron chi connectivity index (χ2n) is 18.1. The van der Waals surface area contributed by atoms with Gasteiger partial charge in [-0.05, 0) is 128 Å². The second kappa shape index (κ2) is 56.4. The Labute approximate surface area is 424 Å². The normalized spacial score (nSPS) is 13.0. The van der Waals surface area contributed by atoms with Crippen LogP contribution in [-0.4, -0.2) is 37.2 Å². The van der Waals surface area contributed by atoms with E-state index >= 15 is 0 Å². The first kappa shape index (κ1) is 64.8. The van der Waals surface area contributed by atoms with Crippen LogP contribution in [0, 0.1) is 0 Å². The molecule has 390 valence electrons. The van der Waals surface area contributed by atoms with Crippen LogP contribution in [0.25, 0.3) is 0 Å². The zero-order valence-electron chi connectivity index (χ0n) is 44.5. The third kappa shape index (κ3) is 54.6. The van der Waals surface area contributed by atoms with Crippen molar-refractivity contribution in [2.75, 3.05) is 13.2 Å². The molecule has 1 atom stereocenters. The van der Waals surface area contributed by atoms with Crippen molar-refractivity contribution < 1.29 is 28.6 Å². The molecule has 0 heterocycles. The highest BCUT2D eigenvalue weighted by atomic mass is 16.6. The molecule has 1 unspecified atom stereocenters. The fourth-order valence-corrected chi connectivity index (χ4v) is 7.28. The van der Waals surface area contributed by atoms with Crippen molar-refractivity contribution in [3.05, 3.63) is 122 Å². The Morgan fingerprint density at radius 2 is 0.565 bits per heavy atom. The van der Waals surface area contributed by atoms with Gasteiger partial charge in [-0.2, -0.15) is 0 Å². The van der Waals surface area contributed by atoms with E-state index in [1.54, 1.807) is 0 Å². The van der Waals surface area contributed by atoms with E-state index in [2.05, 4.69) is 142 Å². The number of carbonyl (C=O) groups is 3. The van der Waals surface area contributed by atoms with Gasteiger partial charge in [-0.25, -0.2) is 0 Å². The largest absolute Gasteiger partial charge is 0.462 e. The van der Waals surface area contributed by atoms with E-state index in [1.807, 2.05) is 0 Å². The van der Waals surface area contributed by atoms with Gasteiger partial charge in [0.15, 0.2) is 6.10 Å². The lowest BCUT2D eigenvalue weighted by molar-refractivity contribution is -0.167. The molecule has 0 N–H and O–H groups in total. The third-order valence-corrected chi connectivity index (χ3v) is 11.4. The predicted molar refractivity (Wildman–Crippen MR) is 297 cm³/mol. The van der Waals surface area contributed by atoms with E-state index in [9.17, 15) is 14.4 Å². The molecule has 0 aliphatic carbocycles. The van der Waals surface area contributed by atoms with Crippen molar-refractivity contribution in [1.29, 1.82) is 0 Å². The molecule has 0 aromatic carbocycles. The minimum absolute atomic E-state index is 0.102. The monoisotopic (exact) mass is 955 g/mol. The third-order valence-electron chi connectivity index (χ3n) is 11.4. The molecule has 0 radical (unpaired) electrons. The molecular weight excluding hydrogens is 853 g/mol. The molecule has 69 heavy (non-hydrogen) atoms. The van der Waals surface area contributed by atoms with Crippen molar-refractivity contribution >= 4 is 17.9 Å². The number of ether oxygens (including phenoxy) is 3. The molecule has 6 nitrogen and oxygen atoms in total. The minimum Gasteiger partial charge on any atom is -0.462 e. The predicted octanol–water partition coefficient (Wildman–Crippen LogP) is 18.9. The van der Waals surface area contributed by atoms with Gasteiger partial charge in [0.2, 0.25) is 0 Å². The molecule has 0 aromatic heterocycles. The van der Waals surface area contributed by atoms with Crippen molar-refractivity contribution in [2.24, 2.45) is 0 Å². The summed E-state index contributed by atoms with van der Waals surface area (Å²) in [6, 6.07) is 0. The summed E-state index contributed by atoms with van der Waals surface area (Å²) in [7, 11) is 0. The zero-order chi connectivity index (χ0) is 50.0. The van der Waals surface area contributed by atoms with E-state index in [4.69, 9.17) is 14.2 Å². The maximum Gasteiger partial charge on any atom is 0.306 e. The van der Waals surface area contributed by atoms with Crippen LogP contribution in [-0.2, 0) is 28.6 Å².